The van der Waals surface area contributed by atoms with Crippen molar-refractivity contribution in [2.24, 2.45) is 0 Å². The summed E-state index contributed by atoms with van der Waals surface area (Å²) in [5.74, 6) is 10.1. The summed E-state index contributed by atoms with van der Waals surface area (Å²) in [5.41, 5.74) is 10.3. The van der Waals surface area contributed by atoms with Crippen molar-refractivity contribution in [3.63, 3.8) is 0 Å². The van der Waals surface area contributed by atoms with Gasteiger partial charge in [0.05, 0.1) is 0 Å². The van der Waals surface area contributed by atoms with Gasteiger partial charge >= 0.3 is 20.9 Å². The van der Waals surface area contributed by atoms with Crippen LogP contribution in [0.4, 0.5) is 0 Å². The fourth-order valence-electron chi connectivity index (χ4n) is 1.76. The highest BCUT2D eigenvalue weighted by Gasteiger charge is 2.33. The van der Waals surface area contributed by atoms with Crippen LogP contribution in [0, 0.1) is 34.1 Å². The molecule has 0 radical (unpaired) electrons. The van der Waals surface area contributed by atoms with Gasteiger partial charge in [-0.3, -0.25) is 0 Å². The highest BCUT2D eigenvalue weighted by atomic mass is 28.3. The molecule has 0 saturated carbocycles. The van der Waals surface area contributed by atoms with Crippen molar-refractivity contribution in [2.75, 3.05) is 0 Å². The minimum atomic E-state index is -1.40. The molecule has 1 heterocycles. The zero-order valence-electron chi connectivity index (χ0n) is 16.7. The zero-order chi connectivity index (χ0) is 18.6. The van der Waals surface area contributed by atoms with Gasteiger partial charge in [0.2, 0.25) is 0 Å². The summed E-state index contributed by atoms with van der Waals surface area (Å²) in [4.78, 5) is 0. The minimum absolute atomic E-state index is 0.0696. The Bertz CT molecular complexity index is 534. The van der Waals surface area contributed by atoms with E-state index in [1.807, 2.05) is 0 Å². The monoisotopic (exact) mass is 369 g/mol. The Balaban J connectivity index is 2.98. The fourth-order valence-corrected chi connectivity index (χ4v) is 3.49. The van der Waals surface area contributed by atoms with Gasteiger partial charge in [-0.05, 0) is 0 Å². The second kappa shape index (κ2) is 8.19. The van der Waals surface area contributed by atoms with Gasteiger partial charge in [0.1, 0.15) is 24.2 Å². The van der Waals surface area contributed by atoms with Crippen LogP contribution in [0.15, 0.2) is 0 Å². The third-order valence-electron chi connectivity index (χ3n) is 2.77. The molecule has 0 aromatic heterocycles. The van der Waals surface area contributed by atoms with Crippen molar-refractivity contribution in [3.8, 4) is 34.1 Å². The molecule has 126 valence electrons. The number of hydrogen-bond acceptors (Lipinski definition) is 3. The molecule has 0 spiro atoms. The van der Waals surface area contributed by atoms with Gasteiger partial charge in [0.25, 0.3) is 0 Å². The van der Waals surface area contributed by atoms with Crippen LogP contribution >= 0.6 is 0 Å². The van der Waals surface area contributed by atoms with E-state index in [0.29, 0.717) is 0 Å². The van der Waals surface area contributed by atoms with Crippen molar-refractivity contribution in [1.82, 2.24) is 15.4 Å². The molecule has 1 fully saturated rings. The predicted molar refractivity (Wildman–Crippen MR) is 120 cm³/mol. The van der Waals surface area contributed by atoms with Gasteiger partial charge in [-0.15, -0.1) is 34.1 Å². The van der Waals surface area contributed by atoms with E-state index in [2.05, 4.69) is 108 Å². The third-order valence-corrected chi connectivity index (χ3v) is 5.46. The van der Waals surface area contributed by atoms with Crippen LogP contribution in [0.5, 0.6) is 0 Å². The summed E-state index contributed by atoms with van der Waals surface area (Å²) >= 11 is 0. The van der Waals surface area contributed by atoms with Gasteiger partial charge < -0.3 is 15.4 Å². The van der Waals surface area contributed by atoms with E-state index in [1.165, 1.54) is 0 Å². The summed E-state index contributed by atoms with van der Waals surface area (Å²) < 4.78 is 0. The van der Waals surface area contributed by atoms with Crippen LogP contribution in [-0.4, -0.2) is 45.2 Å². The van der Waals surface area contributed by atoms with Crippen LogP contribution in [0.3, 0.4) is 0 Å². The van der Waals surface area contributed by atoms with Crippen molar-refractivity contribution < 1.29 is 0 Å². The molecule has 9 heteroatoms. The van der Waals surface area contributed by atoms with E-state index in [0.717, 1.165) is 0 Å². The number of hydrogen-bond donors (Lipinski definition) is 3. The maximum Gasteiger partial charge on any atom is 0.374 e. The second-order valence-electron chi connectivity index (χ2n) is 9.36. The highest BCUT2D eigenvalue weighted by Crippen LogP contribution is 1.99. The Labute approximate surface area is 153 Å². The van der Waals surface area contributed by atoms with Crippen LogP contribution in [0.2, 0.25) is 58.9 Å². The maximum absolute atomic E-state index is 3.44. The Morgan fingerprint density at radius 2 is 0.667 bits per heavy atom. The molecular weight excluding hydrogens is 339 g/mol. The quantitative estimate of drug-likeness (QED) is 0.448. The van der Waals surface area contributed by atoms with Crippen molar-refractivity contribution >= 4 is 45.2 Å². The molecule has 3 N–H and O–H groups in total. The SMILES string of the molecule is C[Si](C)(C)C#CB1NB(C#C[Si](C)(C)C)NB(C#C[Si](C)(C)C)N1. The van der Waals surface area contributed by atoms with Crippen molar-refractivity contribution in [2.45, 2.75) is 58.9 Å². The third kappa shape index (κ3) is 10.3. The average Bonchev–Trinajstić information content (AvgIpc) is 2.38. The molecule has 0 aliphatic carbocycles. The molecule has 1 saturated heterocycles. The van der Waals surface area contributed by atoms with Crippen LogP contribution < -0.4 is 15.4 Å². The number of nitrogens with one attached hydrogen (secondary N) is 3. The topological polar surface area (TPSA) is 36.1 Å². The lowest BCUT2D eigenvalue weighted by atomic mass is 9.50. The predicted octanol–water partition coefficient (Wildman–Crippen LogP) is 1.49. The first-order valence-corrected chi connectivity index (χ1v) is 19.1. The summed E-state index contributed by atoms with van der Waals surface area (Å²) in [5, 5.41) is 10.3. The first-order valence-electron chi connectivity index (χ1n) is 8.60. The molecule has 1 aliphatic rings. The molecule has 24 heavy (non-hydrogen) atoms. The Morgan fingerprint density at radius 3 is 0.833 bits per heavy atom. The van der Waals surface area contributed by atoms with Crippen LogP contribution in [0.1, 0.15) is 0 Å². The van der Waals surface area contributed by atoms with Gasteiger partial charge in [-0.2, -0.15) is 0 Å². The van der Waals surface area contributed by atoms with Gasteiger partial charge in [0, 0.05) is 0 Å². The van der Waals surface area contributed by atoms with Gasteiger partial charge in [0.15, 0.2) is 0 Å². The molecule has 1 rings (SSSR count). The standard InChI is InChI=1S/C15H30B3N3Si3/c1-22(2,3)13-10-16-19-17(11-14-23(4,5)6)21-18(20-16)12-15-24(7,8)9/h19-21H,1-9H3. The Kier molecular flexibility index (Phi) is 7.32. The molecule has 0 atom stereocenters. The fraction of sp³-hybridized carbons (Fsp3) is 0.600. The average molecular weight is 369 g/mol. The summed E-state index contributed by atoms with van der Waals surface area (Å²) in [7, 11) is -4.21. The molecule has 0 amide bonds. The van der Waals surface area contributed by atoms with Gasteiger partial charge in [-0.25, -0.2) is 0 Å². The minimum Gasteiger partial charge on any atom is -0.348 e. The lowest BCUT2D eigenvalue weighted by molar-refractivity contribution is 1.21. The zero-order valence-corrected chi connectivity index (χ0v) is 19.7. The Morgan fingerprint density at radius 1 is 0.458 bits per heavy atom. The molecule has 0 aromatic carbocycles. The van der Waals surface area contributed by atoms with E-state index < -0.39 is 24.2 Å². The molecule has 0 bridgehead atoms. The van der Waals surface area contributed by atoms with E-state index in [1.54, 1.807) is 0 Å². The van der Waals surface area contributed by atoms with Crippen LogP contribution in [-0.2, 0) is 0 Å². The largest absolute Gasteiger partial charge is 0.374 e. The molecule has 3 nitrogen and oxygen atoms in total. The molecular formula is C15H30B3N3Si3. The second-order valence-corrected chi connectivity index (χ2v) is 23.6. The normalized spacial score (nSPS) is 15.6. The summed E-state index contributed by atoms with van der Waals surface area (Å²) in [6, 6.07) is 0. The summed E-state index contributed by atoms with van der Waals surface area (Å²) in [6.07, 6.45) is 0. The molecule has 0 unspecified atom stereocenters. The molecule has 1 aliphatic heterocycles. The lowest BCUT2D eigenvalue weighted by Gasteiger charge is -2.26. The summed E-state index contributed by atoms with van der Waals surface area (Å²) in [6.45, 7) is 20.1. The first kappa shape index (κ1) is 21.4. The Hall–Kier alpha value is -0.595. The maximum atomic E-state index is 3.44. The van der Waals surface area contributed by atoms with Crippen LogP contribution in [0.25, 0.3) is 0 Å². The van der Waals surface area contributed by atoms with Gasteiger partial charge in [-0.1, -0.05) is 58.9 Å². The van der Waals surface area contributed by atoms with Crippen molar-refractivity contribution in [1.29, 1.82) is 0 Å². The number of rotatable bonds is 0. The van der Waals surface area contributed by atoms with E-state index in [-0.39, 0.29) is 20.9 Å². The molecule has 0 aromatic rings. The lowest BCUT2D eigenvalue weighted by Crippen LogP contribution is -2.74. The highest BCUT2D eigenvalue weighted by molar-refractivity contribution is 6.97. The smallest absolute Gasteiger partial charge is 0.348 e. The van der Waals surface area contributed by atoms with E-state index in [4.69, 9.17) is 0 Å². The first-order chi connectivity index (χ1) is 10.7. The van der Waals surface area contributed by atoms with E-state index >= 15 is 0 Å². The van der Waals surface area contributed by atoms with E-state index in [9.17, 15) is 0 Å². The van der Waals surface area contributed by atoms with Crippen molar-refractivity contribution in [3.05, 3.63) is 0 Å².